The third-order valence-corrected chi connectivity index (χ3v) is 3.96. The number of anilines is 2. The zero-order chi connectivity index (χ0) is 16.7. The van der Waals surface area contributed by atoms with Gasteiger partial charge in [0.1, 0.15) is 5.75 Å². The van der Waals surface area contributed by atoms with Crippen molar-refractivity contribution in [3.8, 4) is 17.1 Å². The van der Waals surface area contributed by atoms with E-state index in [0.717, 1.165) is 10.9 Å². The number of aryl methyl sites for hydroxylation is 1. The van der Waals surface area contributed by atoms with Crippen LogP contribution in [0.1, 0.15) is 0 Å². The van der Waals surface area contributed by atoms with Gasteiger partial charge < -0.3 is 10.4 Å². The highest BCUT2D eigenvalue weighted by Gasteiger charge is 2.13. The van der Waals surface area contributed by atoms with Crippen LogP contribution in [-0.4, -0.2) is 35.1 Å². The van der Waals surface area contributed by atoms with Crippen molar-refractivity contribution in [2.75, 3.05) is 5.32 Å². The summed E-state index contributed by atoms with van der Waals surface area (Å²) in [5, 5.41) is 25.2. The Hall–Kier alpha value is -3.13. The number of nitrogens with one attached hydrogen (secondary N) is 2. The average molecular weight is 342 g/mol. The first-order valence-corrected chi connectivity index (χ1v) is 7.43. The molecule has 0 aliphatic rings. The highest BCUT2D eigenvalue weighted by molar-refractivity contribution is 6.38. The Labute approximate surface area is 141 Å². The smallest absolute Gasteiger partial charge is 0.225 e. The van der Waals surface area contributed by atoms with E-state index in [9.17, 15) is 5.11 Å². The van der Waals surface area contributed by atoms with E-state index in [2.05, 4.69) is 30.6 Å². The molecular weight excluding hydrogens is 330 g/mol. The van der Waals surface area contributed by atoms with Crippen molar-refractivity contribution in [2.45, 2.75) is 0 Å². The monoisotopic (exact) mass is 341 g/mol. The maximum Gasteiger partial charge on any atom is 0.225 e. The van der Waals surface area contributed by atoms with Gasteiger partial charge in [0, 0.05) is 24.2 Å². The molecule has 120 valence electrons. The summed E-state index contributed by atoms with van der Waals surface area (Å²) in [5.74, 6) is 1.02. The van der Waals surface area contributed by atoms with Crippen LogP contribution in [0, 0.1) is 0 Å². The summed E-state index contributed by atoms with van der Waals surface area (Å²) < 4.78 is 1.59. The van der Waals surface area contributed by atoms with Gasteiger partial charge in [0.2, 0.25) is 5.95 Å². The third-order valence-electron chi connectivity index (χ3n) is 3.55. The van der Waals surface area contributed by atoms with Crippen LogP contribution in [0.2, 0.25) is 5.02 Å². The molecule has 0 bridgehead atoms. The normalized spacial score (nSPS) is 11.1. The van der Waals surface area contributed by atoms with Crippen molar-refractivity contribution >= 4 is 34.1 Å². The number of H-pyrrole nitrogens is 1. The summed E-state index contributed by atoms with van der Waals surface area (Å²) in [4.78, 5) is 8.37. The zero-order valence-electron chi connectivity index (χ0n) is 12.5. The number of halogens is 1. The molecule has 0 amide bonds. The van der Waals surface area contributed by atoms with Gasteiger partial charge >= 0.3 is 0 Å². The second-order valence-corrected chi connectivity index (χ2v) is 5.58. The molecule has 8 nitrogen and oxygen atoms in total. The minimum atomic E-state index is 0.0583. The fourth-order valence-corrected chi connectivity index (χ4v) is 2.63. The standard InChI is InChI=1S/C15H12ClN7O/c1-23-15(20-14(22-23)8-4-9(24)6-17-5-8)19-12-3-2-11-10(13(12)16)7-18-21-11/h2-7,24H,1H3,(H,18,21)(H,19,20,22). The second-order valence-electron chi connectivity index (χ2n) is 5.20. The van der Waals surface area contributed by atoms with E-state index in [1.165, 1.54) is 6.20 Å². The Morgan fingerprint density at radius 2 is 2.12 bits per heavy atom. The number of fused-ring (bicyclic) bond motifs is 1. The molecule has 0 aliphatic heterocycles. The number of hydrogen-bond donors (Lipinski definition) is 3. The predicted molar refractivity (Wildman–Crippen MR) is 90.3 cm³/mol. The summed E-state index contributed by atoms with van der Waals surface area (Å²) in [6.07, 6.45) is 4.61. The second kappa shape index (κ2) is 5.50. The molecule has 0 radical (unpaired) electrons. The van der Waals surface area contributed by atoms with Crippen LogP contribution in [0.15, 0.2) is 36.8 Å². The van der Waals surface area contributed by atoms with E-state index in [0.29, 0.717) is 28.0 Å². The summed E-state index contributed by atoms with van der Waals surface area (Å²) in [6, 6.07) is 5.27. The Bertz CT molecular complexity index is 1040. The van der Waals surface area contributed by atoms with Gasteiger partial charge in [-0.2, -0.15) is 10.1 Å². The molecule has 1 aromatic carbocycles. The van der Waals surface area contributed by atoms with Crippen LogP contribution in [-0.2, 0) is 7.05 Å². The molecule has 0 fully saturated rings. The minimum absolute atomic E-state index is 0.0583. The number of aromatic nitrogens is 6. The summed E-state index contributed by atoms with van der Waals surface area (Å²) in [5.41, 5.74) is 2.17. The molecule has 9 heteroatoms. The fourth-order valence-electron chi connectivity index (χ4n) is 2.37. The minimum Gasteiger partial charge on any atom is -0.506 e. The Morgan fingerprint density at radius 1 is 1.25 bits per heavy atom. The maximum absolute atomic E-state index is 9.54. The predicted octanol–water partition coefficient (Wildman–Crippen LogP) is 2.86. The van der Waals surface area contributed by atoms with Gasteiger partial charge in [-0.15, -0.1) is 5.10 Å². The average Bonchev–Trinajstić information content (AvgIpc) is 3.18. The Morgan fingerprint density at radius 3 is 2.96 bits per heavy atom. The Kier molecular flexibility index (Phi) is 3.31. The SMILES string of the molecule is Cn1nc(-c2cncc(O)c2)nc1Nc1ccc2[nH]ncc2c1Cl. The Balaban J connectivity index is 1.70. The molecule has 3 heterocycles. The number of rotatable bonds is 3. The molecular formula is C15H12ClN7O. The first-order valence-electron chi connectivity index (χ1n) is 7.06. The summed E-state index contributed by atoms with van der Waals surface area (Å²) in [6.45, 7) is 0. The van der Waals surface area contributed by atoms with Crippen LogP contribution in [0.5, 0.6) is 5.75 Å². The topological polar surface area (TPSA) is 105 Å². The highest BCUT2D eigenvalue weighted by atomic mass is 35.5. The van der Waals surface area contributed by atoms with Gasteiger partial charge in [-0.05, 0) is 18.2 Å². The van der Waals surface area contributed by atoms with Gasteiger partial charge in [0.15, 0.2) is 5.82 Å². The molecule has 0 saturated carbocycles. The van der Waals surface area contributed by atoms with Crippen LogP contribution in [0.25, 0.3) is 22.3 Å². The molecule has 0 atom stereocenters. The van der Waals surface area contributed by atoms with Crippen LogP contribution in [0.4, 0.5) is 11.6 Å². The van der Waals surface area contributed by atoms with Crippen molar-refractivity contribution in [3.63, 3.8) is 0 Å². The van der Waals surface area contributed by atoms with Gasteiger partial charge in [0.05, 0.1) is 28.6 Å². The van der Waals surface area contributed by atoms with Crippen molar-refractivity contribution < 1.29 is 5.11 Å². The number of benzene rings is 1. The number of hydrogen-bond acceptors (Lipinski definition) is 6. The number of aromatic amines is 1. The largest absolute Gasteiger partial charge is 0.506 e. The molecule has 3 aromatic heterocycles. The van der Waals surface area contributed by atoms with Crippen molar-refractivity contribution in [1.82, 2.24) is 29.9 Å². The van der Waals surface area contributed by atoms with Crippen LogP contribution >= 0.6 is 11.6 Å². The molecule has 0 spiro atoms. The third kappa shape index (κ3) is 2.42. The van der Waals surface area contributed by atoms with E-state index < -0.39 is 0 Å². The van der Waals surface area contributed by atoms with Crippen LogP contribution in [0.3, 0.4) is 0 Å². The van der Waals surface area contributed by atoms with Gasteiger partial charge in [-0.3, -0.25) is 10.1 Å². The number of nitrogens with zero attached hydrogens (tertiary/aromatic N) is 5. The zero-order valence-corrected chi connectivity index (χ0v) is 13.3. The lowest BCUT2D eigenvalue weighted by molar-refractivity contribution is 0.473. The van der Waals surface area contributed by atoms with E-state index in [4.69, 9.17) is 11.6 Å². The van der Waals surface area contributed by atoms with Crippen molar-refractivity contribution in [1.29, 1.82) is 0 Å². The highest BCUT2D eigenvalue weighted by Crippen LogP contribution is 2.32. The van der Waals surface area contributed by atoms with Gasteiger partial charge in [0.25, 0.3) is 0 Å². The van der Waals surface area contributed by atoms with Crippen molar-refractivity contribution in [2.24, 2.45) is 7.05 Å². The van der Waals surface area contributed by atoms with Crippen molar-refractivity contribution in [3.05, 3.63) is 41.8 Å². The molecule has 4 rings (SSSR count). The van der Waals surface area contributed by atoms with E-state index in [1.54, 1.807) is 30.2 Å². The van der Waals surface area contributed by atoms with Crippen LogP contribution < -0.4 is 5.32 Å². The number of aromatic hydroxyl groups is 1. The summed E-state index contributed by atoms with van der Waals surface area (Å²) >= 11 is 6.41. The lowest BCUT2D eigenvalue weighted by Crippen LogP contribution is -2.00. The fraction of sp³-hybridized carbons (Fsp3) is 0.0667. The lowest BCUT2D eigenvalue weighted by atomic mass is 10.2. The van der Waals surface area contributed by atoms with Gasteiger partial charge in [-0.25, -0.2) is 4.68 Å². The van der Waals surface area contributed by atoms with Gasteiger partial charge in [-0.1, -0.05) is 11.6 Å². The molecule has 0 aliphatic carbocycles. The molecule has 24 heavy (non-hydrogen) atoms. The van der Waals surface area contributed by atoms with E-state index in [1.807, 2.05) is 12.1 Å². The maximum atomic E-state index is 9.54. The molecule has 0 saturated heterocycles. The molecule has 3 N–H and O–H groups in total. The van der Waals surface area contributed by atoms with E-state index >= 15 is 0 Å². The molecule has 4 aromatic rings. The first kappa shape index (κ1) is 14.5. The lowest BCUT2D eigenvalue weighted by Gasteiger charge is -2.07. The quantitative estimate of drug-likeness (QED) is 0.529. The van der Waals surface area contributed by atoms with E-state index in [-0.39, 0.29) is 5.75 Å². The number of pyridine rings is 1. The first-order chi connectivity index (χ1) is 11.6. The molecule has 0 unspecified atom stereocenters. The summed E-state index contributed by atoms with van der Waals surface area (Å²) in [7, 11) is 1.76.